The van der Waals surface area contributed by atoms with Gasteiger partial charge in [0.05, 0.1) is 23.9 Å². The van der Waals surface area contributed by atoms with Crippen molar-refractivity contribution in [3.63, 3.8) is 0 Å². The van der Waals surface area contributed by atoms with Gasteiger partial charge in [-0.2, -0.15) is 0 Å². The van der Waals surface area contributed by atoms with Crippen molar-refractivity contribution in [1.82, 2.24) is 39.3 Å². The highest BCUT2D eigenvalue weighted by molar-refractivity contribution is 5.95. The van der Waals surface area contributed by atoms with E-state index >= 15 is 0 Å². The molecule has 0 unspecified atom stereocenters. The fourth-order valence-electron chi connectivity index (χ4n) is 4.76. The number of aromatic nitrogens is 6. The van der Waals surface area contributed by atoms with Gasteiger partial charge in [0.1, 0.15) is 11.3 Å². The van der Waals surface area contributed by atoms with Crippen LogP contribution in [0.5, 0.6) is 0 Å². The molecule has 0 saturated carbocycles. The standard InChI is InChI=1S/C28H31N9O/c1-18(2)37-17-30-24-26(29-16-23-31-21-6-4-5-7-22(21)32-23)33-25(34-27(24)37)19-8-10-20(11-9-19)28(38)36-14-12-35(3)13-15-36/h4-11,17-18H,12-16H2,1-3H3,(H,31,32)(H,29,33,34). The molecule has 0 radical (unpaired) electrons. The van der Waals surface area contributed by atoms with Crippen molar-refractivity contribution in [1.29, 1.82) is 0 Å². The first-order chi connectivity index (χ1) is 18.5. The molecule has 3 aromatic heterocycles. The number of imidazole rings is 2. The Labute approximate surface area is 220 Å². The molecule has 0 spiro atoms. The van der Waals surface area contributed by atoms with Crippen molar-refractivity contribution in [2.24, 2.45) is 0 Å². The number of anilines is 1. The number of hydrogen-bond donors (Lipinski definition) is 2. The summed E-state index contributed by atoms with van der Waals surface area (Å²) in [6, 6.07) is 15.7. The fourth-order valence-corrected chi connectivity index (χ4v) is 4.76. The van der Waals surface area contributed by atoms with Gasteiger partial charge in [-0.15, -0.1) is 0 Å². The van der Waals surface area contributed by atoms with E-state index in [0.717, 1.165) is 54.2 Å². The average molecular weight is 510 g/mol. The highest BCUT2D eigenvalue weighted by Crippen LogP contribution is 2.27. The summed E-state index contributed by atoms with van der Waals surface area (Å²) in [5.74, 6) is 2.09. The largest absolute Gasteiger partial charge is 0.361 e. The molecule has 0 atom stereocenters. The Morgan fingerprint density at radius 3 is 2.50 bits per heavy atom. The number of nitrogens with zero attached hydrogens (tertiary/aromatic N) is 7. The number of hydrogen-bond acceptors (Lipinski definition) is 7. The third-order valence-electron chi connectivity index (χ3n) is 7.02. The van der Waals surface area contributed by atoms with Gasteiger partial charge in [-0.3, -0.25) is 4.79 Å². The van der Waals surface area contributed by atoms with Crippen molar-refractivity contribution in [3.05, 3.63) is 66.2 Å². The van der Waals surface area contributed by atoms with Crippen molar-refractivity contribution in [2.75, 3.05) is 38.5 Å². The Morgan fingerprint density at radius 2 is 1.76 bits per heavy atom. The van der Waals surface area contributed by atoms with Crippen molar-refractivity contribution >= 4 is 33.9 Å². The van der Waals surface area contributed by atoms with Crippen LogP contribution >= 0.6 is 0 Å². The van der Waals surface area contributed by atoms with E-state index in [4.69, 9.17) is 9.97 Å². The summed E-state index contributed by atoms with van der Waals surface area (Å²) in [4.78, 5) is 39.5. The fraction of sp³-hybridized carbons (Fsp3) is 0.321. The molecule has 10 heteroatoms. The molecule has 194 valence electrons. The number of likely N-dealkylation sites (N-methyl/N-ethyl adjacent to an activating group) is 1. The Morgan fingerprint density at radius 1 is 1.00 bits per heavy atom. The topological polar surface area (TPSA) is 108 Å². The minimum absolute atomic E-state index is 0.0621. The first kappa shape index (κ1) is 24.1. The molecule has 1 amide bonds. The Kier molecular flexibility index (Phi) is 6.24. The van der Waals surface area contributed by atoms with E-state index in [1.54, 1.807) is 6.33 Å². The second-order valence-corrected chi connectivity index (χ2v) is 10.0. The number of nitrogens with one attached hydrogen (secondary N) is 2. The molecular formula is C28H31N9O. The van der Waals surface area contributed by atoms with E-state index in [1.807, 2.05) is 58.0 Å². The van der Waals surface area contributed by atoms with Gasteiger partial charge < -0.3 is 24.7 Å². The van der Waals surface area contributed by atoms with Gasteiger partial charge in [0.25, 0.3) is 5.91 Å². The first-order valence-electron chi connectivity index (χ1n) is 13.0. The van der Waals surface area contributed by atoms with Crippen LogP contribution in [0.15, 0.2) is 54.9 Å². The summed E-state index contributed by atoms with van der Waals surface area (Å²) >= 11 is 0. The molecule has 1 fully saturated rings. The number of carbonyl (C=O) groups excluding carboxylic acids is 1. The molecule has 5 aromatic rings. The maximum absolute atomic E-state index is 13.0. The molecule has 0 bridgehead atoms. The predicted molar refractivity (Wildman–Crippen MR) is 148 cm³/mol. The highest BCUT2D eigenvalue weighted by Gasteiger charge is 2.21. The quantitative estimate of drug-likeness (QED) is 0.357. The number of aromatic amines is 1. The van der Waals surface area contributed by atoms with Crippen molar-refractivity contribution < 1.29 is 4.79 Å². The summed E-state index contributed by atoms with van der Waals surface area (Å²) in [6.07, 6.45) is 1.80. The van der Waals surface area contributed by atoms with E-state index < -0.39 is 0 Å². The number of para-hydroxylation sites is 2. The van der Waals surface area contributed by atoms with Crippen LogP contribution in [0, 0.1) is 0 Å². The molecule has 1 aliphatic rings. The third-order valence-corrected chi connectivity index (χ3v) is 7.02. The summed E-state index contributed by atoms with van der Waals surface area (Å²) in [5, 5.41) is 3.42. The van der Waals surface area contributed by atoms with Crippen LogP contribution in [0.2, 0.25) is 0 Å². The maximum atomic E-state index is 13.0. The summed E-state index contributed by atoms with van der Waals surface area (Å²) in [6.45, 7) is 7.95. The molecular weight excluding hydrogens is 478 g/mol. The van der Waals surface area contributed by atoms with Gasteiger partial charge in [0.15, 0.2) is 17.3 Å². The van der Waals surface area contributed by atoms with Crippen LogP contribution in [0.3, 0.4) is 0 Å². The van der Waals surface area contributed by atoms with Crippen LogP contribution in [0.25, 0.3) is 33.6 Å². The van der Waals surface area contributed by atoms with Crippen molar-refractivity contribution in [2.45, 2.75) is 26.4 Å². The van der Waals surface area contributed by atoms with E-state index in [0.29, 0.717) is 29.3 Å². The number of amides is 1. The monoisotopic (exact) mass is 509 g/mol. The van der Waals surface area contributed by atoms with Crippen LogP contribution in [-0.4, -0.2) is 78.4 Å². The highest BCUT2D eigenvalue weighted by atomic mass is 16.2. The first-order valence-corrected chi connectivity index (χ1v) is 13.0. The molecule has 1 aliphatic heterocycles. The number of piperazine rings is 1. The lowest BCUT2D eigenvalue weighted by molar-refractivity contribution is 0.0664. The second kappa shape index (κ2) is 9.86. The SMILES string of the molecule is CC(C)n1cnc2c(NCc3nc4ccccc4[nH]3)nc(-c3ccc(C(=O)N4CCN(C)CC4)cc3)nc21. The molecule has 6 rings (SSSR count). The zero-order valence-corrected chi connectivity index (χ0v) is 21.8. The van der Waals surface area contributed by atoms with E-state index in [1.165, 1.54) is 0 Å². The summed E-state index contributed by atoms with van der Waals surface area (Å²) in [7, 11) is 2.08. The number of benzene rings is 2. The number of rotatable bonds is 6. The average Bonchev–Trinajstić information content (AvgIpc) is 3.56. The van der Waals surface area contributed by atoms with Gasteiger partial charge in [0, 0.05) is 43.3 Å². The Balaban J connectivity index is 1.30. The minimum Gasteiger partial charge on any atom is -0.361 e. The van der Waals surface area contributed by atoms with E-state index in [-0.39, 0.29) is 11.9 Å². The zero-order valence-electron chi connectivity index (χ0n) is 21.8. The molecule has 2 aromatic carbocycles. The van der Waals surface area contributed by atoms with E-state index in [2.05, 4.69) is 46.1 Å². The minimum atomic E-state index is 0.0621. The van der Waals surface area contributed by atoms with Gasteiger partial charge in [-0.25, -0.2) is 19.9 Å². The van der Waals surface area contributed by atoms with Crippen LogP contribution < -0.4 is 5.32 Å². The van der Waals surface area contributed by atoms with Crippen molar-refractivity contribution in [3.8, 4) is 11.4 Å². The molecule has 1 saturated heterocycles. The molecule has 10 nitrogen and oxygen atoms in total. The lowest BCUT2D eigenvalue weighted by atomic mass is 10.1. The number of carbonyl (C=O) groups is 1. The lowest BCUT2D eigenvalue weighted by Crippen LogP contribution is -2.47. The number of fused-ring (bicyclic) bond motifs is 2. The molecule has 38 heavy (non-hydrogen) atoms. The van der Waals surface area contributed by atoms with Crippen LogP contribution in [0.1, 0.15) is 36.1 Å². The lowest BCUT2D eigenvalue weighted by Gasteiger charge is -2.32. The molecule has 4 heterocycles. The smallest absolute Gasteiger partial charge is 0.253 e. The summed E-state index contributed by atoms with van der Waals surface area (Å²) in [5.41, 5.74) is 4.90. The van der Waals surface area contributed by atoms with Crippen LogP contribution in [-0.2, 0) is 6.54 Å². The van der Waals surface area contributed by atoms with Gasteiger partial charge in [-0.1, -0.05) is 24.3 Å². The molecule has 2 N–H and O–H groups in total. The van der Waals surface area contributed by atoms with Gasteiger partial charge >= 0.3 is 0 Å². The summed E-state index contributed by atoms with van der Waals surface area (Å²) < 4.78 is 2.04. The van der Waals surface area contributed by atoms with E-state index in [9.17, 15) is 4.79 Å². The second-order valence-electron chi connectivity index (χ2n) is 10.0. The Bertz CT molecular complexity index is 1560. The number of H-pyrrole nitrogens is 1. The molecule has 0 aliphatic carbocycles. The normalized spacial score (nSPS) is 14.6. The predicted octanol–water partition coefficient (Wildman–Crippen LogP) is 3.95. The third kappa shape index (κ3) is 4.58. The van der Waals surface area contributed by atoms with Crippen LogP contribution in [0.4, 0.5) is 5.82 Å². The zero-order chi connectivity index (χ0) is 26.2. The Hall–Kier alpha value is -4.31. The van der Waals surface area contributed by atoms with Gasteiger partial charge in [-0.05, 0) is 45.2 Å². The van der Waals surface area contributed by atoms with Gasteiger partial charge in [0.2, 0.25) is 0 Å². The maximum Gasteiger partial charge on any atom is 0.253 e.